The van der Waals surface area contributed by atoms with Crippen LogP contribution in [0, 0.1) is 5.41 Å². The van der Waals surface area contributed by atoms with Crippen molar-refractivity contribution in [3.05, 3.63) is 29.8 Å². The molecule has 7 heteroatoms. The summed E-state index contributed by atoms with van der Waals surface area (Å²) in [5.74, 6) is 0.288. The molecule has 32 heavy (non-hydrogen) atoms. The average molecular weight is 491 g/mol. The van der Waals surface area contributed by atoms with Gasteiger partial charge >= 0.3 is 51.4 Å². The van der Waals surface area contributed by atoms with Crippen LogP contribution in [0.15, 0.2) is 29.2 Å². The minimum absolute atomic E-state index is 0. The number of rotatable bonds is 16. The number of unbranched alkanes of at least 4 members (excludes halogenated alkanes) is 2. The molecule has 1 aromatic carbocycles. The summed E-state index contributed by atoms with van der Waals surface area (Å²) in [6, 6.07) is 6.96. The van der Waals surface area contributed by atoms with Gasteiger partial charge in [0, 0.05) is 16.9 Å². The predicted molar refractivity (Wildman–Crippen MR) is 129 cm³/mol. The molecule has 0 saturated heterocycles. The van der Waals surface area contributed by atoms with E-state index in [2.05, 4.69) is 37.9 Å². The zero-order valence-corrected chi connectivity index (χ0v) is 25.2. The third-order valence-corrected chi connectivity index (χ3v) is 6.98. The van der Waals surface area contributed by atoms with Gasteiger partial charge in [-0.1, -0.05) is 59.6 Å². The largest absolute Gasteiger partial charge is 1.00 e. The monoisotopic (exact) mass is 490 g/mol. The number of carbonyl (C=O) groups is 1. The summed E-state index contributed by atoms with van der Waals surface area (Å²) in [5, 5.41) is 3.18. The summed E-state index contributed by atoms with van der Waals surface area (Å²) in [6.45, 7) is 14.7. The first kappa shape index (κ1) is 32.4. The number of nitrogens with zero attached hydrogens (tertiary/aromatic N) is 1. The molecule has 1 N–H and O–H groups in total. The Morgan fingerprint density at radius 3 is 2.06 bits per heavy atom. The Morgan fingerprint density at radius 2 is 1.59 bits per heavy atom. The maximum absolute atomic E-state index is 13.0. The van der Waals surface area contributed by atoms with Crippen LogP contribution in [0.2, 0.25) is 0 Å². The van der Waals surface area contributed by atoms with Crippen LogP contribution in [-0.4, -0.2) is 45.7 Å². The summed E-state index contributed by atoms with van der Waals surface area (Å²) in [5.41, 5.74) is 0.618. The Morgan fingerprint density at radius 1 is 1.06 bits per heavy atom. The molecular formula is C25H43KN2O3S. The number of benzene rings is 1. The first-order chi connectivity index (χ1) is 14.8. The van der Waals surface area contributed by atoms with Crippen LogP contribution in [0.4, 0.5) is 0 Å². The van der Waals surface area contributed by atoms with Crippen LogP contribution in [0.1, 0.15) is 91.0 Å². The molecule has 0 aliphatic carbocycles. The topological polar surface area (TPSA) is 72.5 Å². The van der Waals surface area contributed by atoms with E-state index in [-0.39, 0.29) is 63.2 Å². The first-order valence-electron chi connectivity index (χ1n) is 12.0. The smallest absolute Gasteiger partial charge is 0.768 e. The molecule has 0 saturated carbocycles. The van der Waals surface area contributed by atoms with Crippen LogP contribution in [0.25, 0.3) is 0 Å². The SMILES string of the molecule is CCCCN(CCCC)CCCNC(=O)C(C)(CC)CC(C)c1ccc(S(=O)[O-])cc1.[K+]. The van der Waals surface area contributed by atoms with Crippen molar-refractivity contribution in [1.82, 2.24) is 10.2 Å². The van der Waals surface area contributed by atoms with E-state index in [0.717, 1.165) is 44.5 Å². The summed E-state index contributed by atoms with van der Waals surface area (Å²) < 4.78 is 22.1. The van der Waals surface area contributed by atoms with Crippen molar-refractivity contribution in [3.63, 3.8) is 0 Å². The second-order valence-electron chi connectivity index (χ2n) is 8.98. The first-order valence-corrected chi connectivity index (χ1v) is 13.0. The van der Waals surface area contributed by atoms with Gasteiger partial charge < -0.3 is 14.8 Å². The van der Waals surface area contributed by atoms with E-state index in [0.29, 0.717) is 11.4 Å². The van der Waals surface area contributed by atoms with E-state index in [1.165, 1.54) is 25.7 Å². The zero-order valence-electron chi connectivity index (χ0n) is 21.2. The number of hydrogen-bond acceptors (Lipinski definition) is 4. The summed E-state index contributed by atoms with van der Waals surface area (Å²) in [7, 11) is 0. The fourth-order valence-electron chi connectivity index (χ4n) is 3.92. The van der Waals surface area contributed by atoms with Gasteiger partial charge in [0.2, 0.25) is 5.91 Å². The third-order valence-electron chi connectivity index (χ3n) is 6.32. The van der Waals surface area contributed by atoms with Crippen LogP contribution in [0.3, 0.4) is 0 Å². The van der Waals surface area contributed by atoms with Gasteiger partial charge in [0.25, 0.3) is 0 Å². The fraction of sp³-hybridized carbons (Fsp3) is 0.720. The van der Waals surface area contributed by atoms with Gasteiger partial charge in [-0.2, -0.15) is 0 Å². The molecular weight excluding hydrogens is 447 g/mol. The van der Waals surface area contributed by atoms with E-state index < -0.39 is 16.5 Å². The van der Waals surface area contributed by atoms with Crippen molar-refractivity contribution >= 4 is 17.0 Å². The second-order valence-corrected chi connectivity index (χ2v) is 9.92. The molecule has 0 fully saturated rings. The molecule has 0 aliphatic heterocycles. The van der Waals surface area contributed by atoms with Gasteiger partial charge in [-0.15, -0.1) is 0 Å². The molecule has 1 amide bonds. The average Bonchev–Trinajstić information content (AvgIpc) is 2.77. The van der Waals surface area contributed by atoms with Crippen LogP contribution < -0.4 is 56.7 Å². The van der Waals surface area contributed by atoms with Gasteiger partial charge in [0.15, 0.2) is 0 Å². The van der Waals surface area contributed by atoms with Gasteiger partial charge in [0.1, 0.15) is 0 Å². The van der Waals surface area contributed by atoms with Crippen molar-refractivity contribution < 1.29 is 64.9 Å². The van der Waals surface area contributed by atoms with Crippen molar-refractivity contribution in [1.29, 1.82) is 0 Å². The Labute approximate surface area is 241 Å². The molecule has 5 nitrogen and oxygen atoms in total. The van der Waals surface area contributed by atoms with E-state index >= 15 is 0 Å². The summed E-state index contributed by atoms with van der Waals surface area (Å²) in [6.07, 6.45) is 7.36. The number of carbonyl (C=O) groups excluding carboxylic acids is 1. The van der Waals surface area contributed by atoms with Crippen molar-refractivity contribution in [2.24, 2.45) is 5.41 Å². The Balaban J connectivity index is 0.00000961. The fourth-order valence-corrected chi connectivity index (χ4v) is 4.27. The standard InChI is InChI=1S/C25H44N2O3S.K/c1-6-9-17-27(18-10-7-2)19-11-16-26-24(28)25(5,8-3)20-21(4)22-12-14-23(15-13-22)31(29)30;/h12-15,21H,6-11,16-20H2,1-5H3,(H,26,28)(H,29,30);/q;+1/p-1. The molecule has 0 bridgehead atoms. The van der Waals surface area contributed by atoms with Crippen molar-refractivity contribution in [2.75, 3.05) is 26.2 Å². The molecule has 1 aromatic rings. The van der Waals surface area contributed by atoms with Crippen LogP contribution in [-0.2, 0) is 15.9 Å². The predicted octanol–water partition coefficient (Wildman–Crippen LogP) is 2.25. The quantitative estimate of drug-likeness (QED) is 0.219. The zero-order chi connectivity index (χ0) is 23.3. The van der Waals surface area contributed by atoms with Crippen LogP contribution in [0.5, 0.6) is 0 Å². The molecule has 0 radical (unpaired) electrons. The van der Waals surface area contributed by atoms with Gasteiger partial charge in [-0.05, 0) is 86.4 Å². The van der Waals surface area contributed by atoms with E-state index in [9.17, 15) is 13.6 Å². The number of nitrogens with one attached hydrogen (secondary N) is 1. The molecule has 3 unspecified atom stereocenters. The number of amides is 1. The van der Waals surface area contributed by atoms with Gasteiger partial charge in [-0.3, -0.25) is 9.00 Å². The Bertz CT molecular complexity index is 664. The Kier molecular flexibility index (Phi) is 18.0. The Hall–Kier alpha value is 0.396. The second kappa shape index (κ2) is 17.8. The molecule has 178 valence electrons. The van der Waals surface area contributed by atoms with Gasteiger partial charge in [-0.25, -0.2) is 0 Å². The van der Waals surface area contributed by atoms with E-state index in [1.54, 1.807) is 12.1 Å². The molecule has 0 spiro atoms. The molecule has 0 heterocycles. The van der Waals surface area contributed by atoms with Gasteiger partial charge in [0.05, 0.1) is 0 Å². The summed E-state index contributed by atoms with van der Waals surface area (Å²) in [4.78, 5) is 15.8. The van der Waals surface area contributed by atoms with Crippen LogP contribution >= 0.6 is 0 Å². The normalized spacial score (nSPS) is 15.0. The molecule has 1 rings (SSSR count). The van der Waals surface area contributed by atoms with E-state index in [1.807, 2.05) is 19.1 Å². The van der Waals surface area contributed by atoms with Crippen molar-refractivity contribution in [2.45, 2.75) is 90.4 Å². The third kappa shape index (κ3) is 11.7. The minimum atomic E-state index is -2.21. The van der Waals surface area contributed by atoms with Crippen molar-refractivity contribution in [3.8, 4) is 0 Å². The van der Waals surface area contributed by atoms with E-state index in [4.69, 9.17) is 0 Å². The molecule has 0 aromatic heterocycles. The number of hydrogen-bond donors (Lipinski definition) is 1. The maximum atomic E-state index is 13.0. The molecule has 0 aliphatic rings. The minimum Gasteiger partial charge on any atom is -0.768 e. The maximum Gasteiger partial charge on any atom is 1.00 e. The summed E-state index contributed by atoms with van der Waals surface area (Å²) >= 11 is -2.21. The molecule has 3 atom stereocenters.